The second kappa shape index (κ2) is 7.45. The van der Waals surface area contributed by atoms with Gasteiger partial charge in [0, 0.05) is 17.1 Å². The van der Waals surface area contributed by atoms with Gasteiger partial charge in [0.2, 0.25) is 0 Å². The summed E-state index contributed by atoms with van der Waals surface area (Å²) in [6.45, 7) is 9.51. The van der Waals surface area contributed by atoms with Gasteiger partial charge in [0.15, 0.2) is 0 Å². The molecule has 3 rings (SSSR count). The zero-order valence-electron chi connectivity index (χ0n) is 15.7. The molecule has 0 saturated carbocycles. The average Bonchev–Trinajstić information content (AvgIpc) is 3.09. The van der Waals surface area contributed by atoms with Gasteiger partial charge in [-0.1, -0.05) is 42.5 Å². The SMILES string of the molecule is C=C[C@@H](C)Oc1c(C=CC)ccc2c1ccn2S(=O)(=O)c1ccc(C)cc1. The lowest BCUT2D eigenvalue weighted by Crippen LogP contribution is -2.12. The molecule has 5 heteroatoms. The van der Waals surface area contributed by atoms with Crippen molar-refractivity contribution in [2.45, 2.75) is 31.8 Å². The van der Waals surface area contributed by atoms with Crippen LogP contribution < -0.4 is 4.74 Å². The summed E-state index contributed by atoms with van der Waals surface area (Å²) in [5.41, 5.74) is 2.48. The minimum absolute atomic E-state index is 0.198. The van der Waals surface area contributed by atoms with E-state index in [4.69, 9.17) is 4.74 Å². The van der Waals surface area contributed by atoms with Crippen LogP contribution in [0.25, 0.3) is 17.0 Å². The number of rotatable bonds is 6. The van der Waals surface area contributed by atoms with Crippen molar-refractivity contribution >= 4 is 27.0 Å². The lowest BCUT2D eigenvalue weighted by atomic mass is 10.1. The molecule has 0 unspecified atom stereocenters. The van der Waals surface area contributed by atoms with Crippen LogP contribution in [0.5, 0.6) is 5.75 Å². The van der Waals surface area contributed by atoms with E-state index in [-0.39, 0.29) is 11.0 Å². The molecule has 2 aromatic carbocycles. The molecule has 0 radical (unpaired) electrons. The minimum Gasteiger partial charge on any atom is -0.485 e. The molecule has 4 nitrogen and oxygen atoms in total. The van der Waals surface area contributed by atoms with Crippen LogP contribution in [0.3, 0.4) is 0 Å². The molecule has 0 aliphatic carbocycles. The van der Waals surface area contributed by atoms with Crippen molar-refractivity contribution in [2.24, 2.45) is 0 Å². The van der Waals surface area contributed by atoms with Crippen LogP contribution in [0.1, 0.15) is 25.0 Å². The second-order valence-electron chi connectivity index (χ2n) is 6.41. The third-order valence-corrected chi connectivity index (χ3v) is 6.08. The highest BCUT2D eigenvalue weighted by Gasteiger charge is 2.21. The molecule has 1 atom stereocenters. The van der Waals surface area contributed by atoms with E-state index in [1.54, 1.807) is 42.6 Å². The average molecular weight is 381 g/mol. The lowest BCUT2D eigenvalue weighted by molar-refractivity contribution is 0.273. The van der Waals surface area contributed by atoms with E-state index in [1.807, 2.05) is 45.1 Å². The number of nitrogens with zero attached hydrogens (tertiary/aromatic N) is 1. The van der Waals surface area contributed by atoms with Crippen molar-refractivity contribution in [3.63, 3.8) is 0 Å². The van der Waals surface area contributed by atoms with Gasteiger partial charge < -0.3 is 4.74 Å². The number of fused-ring (bicyclic) bond motifs is 1. The van der Waals surface area contributed by atoms with Crippen molar-refractivity contribution < 1.29 is 13.2 Å². The van der Waals surface area contributed by atoms with Gasteiger partial charge in [0.1, 0.15) is 11.9 Å². The highest BCUT2D eigenvalue weighted by Crippen LogP contribution is 2.34. The minimum atomic E-state index is -3.69. The van der Waals surface area contributed by atoms with Crippen LogP contribution in [0.4, 0.5) is 0 Å². The second-order valence-corrected chi connectivity index (χ2v) is 8.22. The summed E-state index contributed by atoms with van der Waals surface area (Å²) >= 11 is 0. The Labute approximate surface area is 160 Å². The van der Waals surface area contributed by atoms with E-state index in [2.05, 4.69) is 6.58 Å². The molecule has 0 saturated heterocycles. The maximum Gasteiger partial charge on any atom is 0.268 e. The first-order valence-electron chi connectivity index (χ1n) is 8.76. The summed E-state index contributed by atoms with van der Waals surface area (Å²) in [5.74, 6) is 0.649. The van der Waals surface area contributed by atoms with Gasteiger partial charge in [-0.25, -0.2) is 12.4 Å². The largest absolute Gasteiger partial charge is 0.485 e. The van der Waals surface area contributed by atoms with Crippen LogP contribution in [0.15, 0.2) is 72.3 Å². The first-order valence-corrected chi connectivity index (χ1v) is 10.2. The first kappa shape index (κ1) is 19.0. The standard InChI is InChI=1S/C22H23NO3S/c1-5-7-18-10-13-21-20(22(18)26-17(4)6-2)14-15-23(21)27(24,25)19-11-8-16(3)9-12-19/h5-15,17H,2H2,1,3-4H3/t17-/m1/s1. The van der Waals surface area contributed by atoms with E-state index >= 15 is 0 Å². The van der Waals surface area contributed by atoms with Crippen LogP contribution in [-0.2, 0) is 10.0 Å². The lowest BCUT2D eigenvalue weighted by Gasteiger charge is -2.15. The molecule has 0 aliphatic heterocycles. The van der Waals surface area contributed by atoms with Crippen LogP contribution >= 0.6 is 0 Å². The molecular formula is C22H23NO3S. The van der Waals surface area contributed by atoms with E-state index in [0.29, 0.717) is 11.3 Å². The monoisotopic (exact) mass is 381 g/mol. The quantitative estimate of drug-likeness (QED) is 0.553. The summed E-state index contributed by atoms with van der Waals surface area (Å²) in [7, 11) is -3.69. The zero-order chi connectivity index (χ0) is 19.6. The van der Waals surface area contributed by atoms with Crippen LogP contribution in [0, 0.1) is 6.92 Å². The molecule has 1 heterocycles. The molecule has 0 amide bonds. The molecule has 0 fully saturated rings. The van der Waals surface area contributed by atoms with Gasteiger partial charge in [-0.05, 0) is 51.1 Å². The molecule has 27 heavy (non-hydrogen) atoms. The Bertz CT molecular complexity index is 1110. The van der Waals surface area contributed by atoms with Crippen LogP contribution in [0.2, 0.25) is 0 Å². The Hall–Kier alpha value is -2.79. The number of ether oxygens (including phenoxy) is 1. The van der Waals surface area contributed by atoms with Gasteiger partial charge in [-0.2, -0.15) is 0 Å². The molecule has 0 spiro atoms. The molecule has 0 bridgehead atoms. The number of allylic oxidation sites excluding steroid dienone is 1. The number of hydrogen-bond donors (Lipinski definition) is 0. The Morgan fingerprint density at radius 1 is 1.11 bits per heavy atom. The van der Waals surface area contributed by atoms with E-state index in [9.17, 15) is 8.42 Å². The van der Waals surface area contributed by atoms with Gasteiger partial charge in [0.05, 0.1) is 10.4 Å². The molecule has 1 aromatic heterocycles. The summed E-state index contributed by atoms with van der Waals surface area (Å²) < 4.78 is 33.6. The van der Waals surface area contributed by atoms with Crippen molar-refractivity contribution in [2.75, 3.05) is 0 Å². The summed E-state index contributed by atoms with van der Waals surface area (Å²) in [6.07, 6.45) is 6.95. The normalized spacial score (nSPS) is 13.1. The van der Waals surface area contributed by atoms with Gasteiger partial charge in [-0.15, -0.1) is 0 Å². The summed E-state index contributed by atoms with van der Waals surface area (Å²) in [5, 5.41) is 0.745. The third kappa shape index (κ3) is 3.55. The van der Waals surface area contributed by atoms with Crippen molar-refractivity contribution in [3.8, 4) is 5.75 Å². The highest BCUT2D eigenvalue weighted by molar-refractivity contribution is 7.90. The van der Waals surface area contributed by atoms with Gasteiger partial charge >= 0.3 is 0 Å². The number of aromatic nitrogens is 1. The number of benzene rings is 2. The van der Waals surface area contributed by atoms with E-state index in [0.717, 1.165) is 16.5 Å². The zero-order valence-corrected chi connectivity index (χ0v) is 16.5. The first-order chi connectivity index (χ1) is 12.9. The number of hydrogen-bond acceptors (Lipinski definition) is 3. The maximum atomic E-state index is 13.1. The van der Waals surface area contributed by atoms with Crippen molar-refractivity contribution in [1.29, 1.82) is 0 Å². The van der Waals surface area contributed by atoms with Gasteiger partial charge in [-0.3, -0.25) is 0 Å². The predicted molar refractivity (Wildman–Crippen MR) is 111 cm³/mol. The maximum absolute atomic E-state index is 13.1. The van der Waals surface area contributed by atoms with Crippen LogP contribution in [-0.4, -0.2) is 18.5 Å². The number of aryl methyl sites for hydroxylation is 1. The third-order valence-electron chi connectivity index (χ3n) is 4.38. The fraction of sp³-hybridized carbons (Fsp3) is 0.182. The highest BCUT2D eigenvalue weighted by atomic mass is 32.2. The fourth-order valence-electron chi connectivity index (χ4n) is 2.89. The summed E-state index contributed by atoms with van der Waals surface area (Å²) in [6, 6.07) is 12.3. The van der Waals surface area contributed by atoms with Gasteiger partial charge in [0.25, 0.3) is 10.0 Å². The molecule has 140 valence electrons. The van der Waals surface area contributed by atoms with E-state index < -0.39 is 10.0 Å². The Kier molecular flexibility index (Phi) is 5.24. The Morgan fingerprint density at radius 2 is 1.81 bits per heavy atom. The molecule has 0 N–H and O–H groups in total. The Balaban J connectivity index is 2.21. The Morgan fingerprint density at radius 3 is 2.44 bits per heavy atom. The van der Waals surface area contributed by atoms with Crippen molar-refractivity contribution in [1.82, 2.24) is 3.97 Å². The molecular weight excluding hydrogens is 358 g/mol. The predicted octanol–water partition coefficient (Wildman–Crippen LogP) is 5.17. The van der Waals surface area contributed by atoms with Crippen molar-refractivity contribution in [3.05, 3.63) is 78.5 Å². The smallest absolute Gasteiger partial charge is 0.268 e. The fourth-order valence-corrected chi connectivity index (χ4v) is 4.24. The topological polar surface area (TPSA) is 48.3 Å². The molecule has 3 aromatic rings. The van der Waals surface area contributed by atoms with E-state index in [1.165, 1.54) is 3.97 Å². The summed E-state index contributed by atoms with van der Waals surface area (Å²) in [4.78, 5) is 0.255. The molecule has 0 aliphatic rings.